The Morgan fingerprint density at radius 2 is 2.25 bits per heavy atom. The van der Waals surface area contributed by atoms with Crippen molar-refractivity contribution in [2.75, 3.05) is 0 Å². The van der Waals surface area contributed by atoms with E-state index in [2.05, 4.69) is 5.23 Å². The number of rotatable bonds is 3. The highest BCUT2D eigenvalue weighted by Crippen LogP contribution is 2.10. The van der Waals surface area contributed by atoms with Gasteiger partial charge in [0.15, 0.2) is 0 Å². The lowest BCUT2D eigenvalue weighted by Gasteiger charge is -2.04. The Morgan fingerprint density at radius 1 is 1.50 bits per heavy atom. The normalized spacial score (nSPS) is 9.83. The van der Waals surface area contributed by atoms with Gasteiger partial charge in [-0.15, -0.1) is 0 Å². The lowest BCUT2D eigenvalue weighted by atomic mass is 9.88. The van der Waals surface area contributed by atoms with Crippen LogP contribution in [0.1, 0.15) is 5.56 Å². The van der Waals surface area contributed by atoms with E-state index < -0.39 is 7.05 Å². The molecule has 0 atom stereocenters. The van der Waals surface area contributed by atoms with E-state index >= 15 is 0 Å². The molecular weight excluding hydrogens is 153 g/mol. The summed E-state index contributed by atoms with van der Waals surface area (Å²) < 4.78 is 0. The number of phenolic OH excluding ortho intramolecular Hbond substituents is 1. The van der Waals surface area contributed by atoms with Crippen LogP contribution in [0.4, 0.5) is 0 Å². The standard InChI is InChI=1S/C8H12BNO2/c1-9(12)10-6-7-3-2-4-8(11)5-7/h2-5,10-12H,6H2,1H3. The minimum atomic E-state index is -0.521. The molecule has 0 spiro atoms. The highest BCUT2D eigenvalue weighted by Gasteiger charge is 2.00. The third-order valence-electron chi connectivity index (χ3n) is 1.51. The van der Waals surface area contributed by atoms with E-state index in [0.29, 0.717) is 6.54 Å². The van der Waals surface area contributed by atoms with Crippen LogP contribution in [0, 0.1) is 0 Å². The van der Waals surface area contributed by atoms with Crippen LogP contribution in [-0.4, -0.2) is 17.2 Å². The summed E-state index contributed by atoms with van der Waals surface area (Å²) in [5, 5.41) is 20.8. The summed E-state index contributed by atoms with van der Waals surface area (Å²) in [6.07, 6.45) is 0. The Bertz CT molecular complexity index is 253. The van der Waals surface area contributed by atoms with Gasteiger partial charge in [-0.1, -0.05) is 12.1 Å². The van der Waals surface area contributed by atoms with Crippen molar-refractivity contribution in [2.24, 2.45) is 0 Å². The third kappa shape index (κ3) is 2.94. The molecule has 0 unspecified atom stereocenters. The van der Waals surface area contributed by atoms with Crippen LogP contribution in [0.2, 0.25) is 6.82 Å². The molecule has 0 aliphatic rings. The van der Waals surface area contributed by atoms with Gasteiger partial charge in [0.05, 0.1) is 0 Å². The lowest BCUT2D eigenvalue weighted by Crippen LogP contribution is -2.29. The molecule has 1 rings (SSSR count). The van der Waals surface area contributed by atoms with Crippen molar-refractivity contribution in [3.8, 4) is 5.75 Å². The minimum Gasteiger partial charge on any atom is -0.508 e. The fourth-order valence-corrected chi connectivity index (χ4v) is 0.932. The fraction of sp³-hybridized carbons (Fsp3) is 0.250. The number of nitrogens with one attached hydrogen (secondary N) is 1. The van der Waals surface area contributed by atoms with Crippen molar-refractivity contribution < 1.29 is 10.1 Å². The first kappa shape index (κ1) is 9.10. The first-order valence-corrected chi connectivity index (χ1v) is 3.88. The zero-order chi connectivity index (χ0) is 8.97. The summed E-state index contributed by atoms with van der Waals surface area (Å²) in [4.78, 5) is 0. The molecule has 0 saturated carbocycles. The van der Waals surface area contributed by atoms with Crippen molar-refractivity contribution in [2.45, 2.75) is 13.4 Å². The van der Waals surface area contributed by atoms with Crippen LogP contribution in [0.15, 0.2) is 24.3 Å². The van der Waals surface area contributed by atoms with Gasteiger partial charge in [-0.05, 0) is 24.5 Å². The molecule has 0 aliphatic heterocycles. The maximum atomic E-state index is 9.09. The number of aromatic hydroxyl groups is 1. The molecule has 0 heterocycles. The van der Waals surface area contributed by atoms with Gasteiger partial charge in [0.25, 0.3) is 0 Å². The van der Waals surface area contributed by atoms with Gasteiger partial charge in [0.1, 0.15) is 5.75 Å². The van der Waals surface area contributed by atoms with E-state index in [9.17, 15) is 0 Å². The van der Waals surface area contributed by atoms with E-state index in [1.54, 1.807) is 25.0 Å². The molecule has 0 radical (unpaired) electrons. The molecule has 3 nitrogen and oxygen atoms in total. The van der Waals surface area contributed by atoms with Crippen LogP contribution in [0.5, 0.6) is 5.75 Å². The van der Waals surface area contributed by atoms with Gasteiger partial charge in [-0.3, -0.25) is 0 Å². The second-order valence-electron chi connectivity index (χ2n) is 2.73. The Morgan fingerprint density at radius 3 is 2.83 bits per heavy atom. The number of benzene rings is 1. The van der Waals surface area contributed by atoms with Gasteiger partial charge in [-0.2, -0.15) is 0 Å². The van der Waals surface area contributed by atoms with Crippen molar-refractivity contribution in [3.05, 3.63) is 29.8 Å². The summed E-state index contributed by atoms with van der Waals surface area (Å²) in [5.41, 5.74) is 0.955. The largest absolute Gasteiger partial charge is 0.508 e. The van der Waals surface area contributed by atoms with Crippen LogP contribution in [0.3, 0.4) is 0 Å². The number of hydrogen-bond acceptors (Lipinski definition) is 3. The highest BCUT2D eigenvalue weighted by molar-refractivity contribution is 6.45. The van der Waals surface area contributed by atoms with Gasteiger partial charge in [0, 0.05) is 6.54 Å². The minimum absolute atomic E-state index is 0.250. The maximum Gasteiger partial charge on any atom is 0.373 e. The quantitative estimate of drug-likeness (QED) is 0.574. The van der Waals surface area contributed by atoms with E-state index in [-0.39, 0.29) is 5.75 Å². The first-order valence-electron chi connectivity index (χ1n) is 3.88. The zero-order valence-electron chi connectivity index (χ0n) is 6.99. The molecule has 1 aromatic carbocycles. The average Bonchev–Trinajstić information content (AvgIpc) is 2.01. The molecule has 0 amide bonds. The smallest absolute Gasteiger partial charge is 0.373 e. The second-order valence-corrected chi connectivity index (χ2v) is 2.73. The Labute approximate surface area is 72.2 Å². The lowest BCUT2D eigenvalue weighted by molar-refractivity contribution is 0.474. The Kier molecular flexibility index (Phi) is 3.14. The molecular formula is C8H12BNO2. The highest BCUT2D eigenvalue weighted by atomic mass is 16.3. The summed E-state index contributed by atoms with van der Waals surface area (Å²) in [5.74, 6) is 0.250. The number of hydrogen-bond donors (Lipinski definition) is 3. The molecule has 0 fully saturated rings. The molecule has 0 aromatic heterocycles. The Hall–Kier alpha value is -0.995. The SMILES string of the molecule is CB(O)NCc1cccc(O)c1. The van der Waals surface area contributed by atoms with Gasteiger partial charge < -0.3 is 15.4 Å². The van der Waals surface area contributed by atoms with Crippen molar-refractivity contribution in [1.29, 1.82) is 0 Å². The summed E-state index contributed by atoms with van der Waals surface area (Å²) in [7, 11) is -0.521. The second kappa shape index (κ2) is 4.14. The van der Waals surface area contributed by atoms with Gasteiger partial charge in [-0.25, -0.2) is 0 Å². The molecule has 12 heavy (non-hydrogen) atoms. The zero-order valence-corrected chi connectivity index (χ0v) is 6.99. The molecule has 3 N–H and O–H groups in total. The van der Waals surface area contributed by atoms with Gasteiger partial charge >= 0.3 is 7.05 Å². The monoisotopic (exact) mass is 165 g/mol. The average molecular weight is 165 g/mol. The predicted octanol–water partition coefficient (Wildman–Crippen LogP) is 0.592. The van der Waals surface area contributed by atoms with Crippen LogP contribution >= 0.6 is 0 Å². The first-order chi connectivity index (χ1) is 5.68. The van der Waals surface area contributed by atoms with Crippen LogP contribution in [0.25, 0.3) is 0 Å². The molecule has 4 heteroatoms. The van der Waals surface area contributed by atoms with Gasteiger partial charge in [0.2, 0.25) is 0 Å². The van der Waals surface area contributed by atoms with Crippen LogP contribution in [-0.2, 0) is 6.54 Å². The van der Waals surface area contributed by atoms with Crippen molar-refractivity contribution in [3.63, 3.8) is 0 Å². The molecule has 64 valence electrons. The third-order valence-corrected chi connectivity index (χ3v) is 1.51. The molecule has 0 aliphatic carbocycles. The predicted molar refractivity (Wildman–Crippen MR) is 48.8 cm³/mol. The Balaban J connectivity index is 2.52. The van der Waals surface area contributed by atoms with E-state index in [1.807, 2.05) is 6.07 Å². The van der Waals surface area contributed by atoms with Crippen molar-refractivity contribution in [1.82, 2.24) is 5.23 Å². The fourth-order valence-electron chi connectivity index (χ4n) is 0.932. The van der Waals surface area contributed by atoms with E-state index in [1.165, 1.54) is 0 Å². The molecule has 0 bridgehead atoms. The number of phenols is 1. The summed E-state index contributed by atoms with van der Waals surface area (Å²) >= 11 is 0. The van der Waals surface area contributed by atoms with E-state index in [4.69, 9.17) is 10.1 Å². The summed E-state index contributed by atoms with van der Waals surface area (Å²) in [6.45, 7) is 2.22. The molecule has 0 saturated heterocycles. The van der Waals surface area contributed by atoms with Crippen molar-refractivity contribution >= 4 is 7.05 Å². The maximum absolute atomic E-state index is 9.09. The summed E-state index contributed by atoms with van der Waals surface area (Å²) in [6, 6.07) is 6.94. The van der Waals surface area contributed by atoms with Crippen LogP contribution < -0.4 is 5.23 Å². The topological polar surface area (TPSA) is 52.5 Å². The van der Waals surface area contributed by atoms with E-state index in [0.717, 1.165) is 5.56 Å². The molecule has 1 aromatic rings.